The summed E-state index contributed by atoms with van der Waals surface area (Å²) >= 11 is 0. The predicted octanol–water partition coefficient (Wildman–Crippen LogP) is 0.576. The first-order valence-corrected chi connectivity index (χ1v) is 4.49. The average Bonchev–Trinajstić information content (AvgIpc) is 2.02. The monoisotopic (exact) mass is 200 g/mol. The van der Waals surface area contributed by atoms with E-state index in [1.54, 1.807) is 6.92 Å². The molecule has 80 valence electrons. The molecule has 0 saturated carbocycles. The van der Waals surface area contributed by atoms with Crippen molar-refractivity contribution in [3.05, 3.63) is 0 Å². The lowest BCUT2D eigenvalue weighted by Crippen LogP contribution is -2.14. The minimum atomic E-state index is -1.36. The molecule has 1 unspecified atom stereocenters. The van der Waals surface area contributed by atoms with Crippen molar-refractivity contribution in [3.8, 4) is 0 Å². The zero-order chi connectivity index (χ0) is 11.1. The third-order valence-corrected chi connectivity index (χ3v) is 1.69. The third-order valence-electron chi connectivity index (χ3n) is 1.69. The first kappa shape index (κ1) is 12.6. The van der Waals surface area contributed by atoms with Gasteiger partial charge in [-0.1, -0.05) is 0 Å². The van der Waals surface area contributed by atoms with Crippen LogP contribution in [0.3, 0.4) is 0 Å². The lowest BCUT2D eigenvalue weighted by Gasteiger charge is -2.05. The van der Waals surface area contributed by atoms with Gasteiger partial charge in [-0.25, -0.2) is 4.79 Å². The molecule has 0 aliphatic carbocycles. The van der Waals surface area contributed by atoms with Crippen LogP contribution in [-0.4, -0.2) is 28.7 Å². The van der Waals surface area contributed by atoms with Crippen molar-refractivity contribution >= 4 is 17.6 Å². The van der Waals surface area contributed by atoms with Crippen LogP contribution in [0.25, 0.3) is 0 Å². The van der Waals surface area contributed by atoms with Gasteiger partial charge >= 0.3 is 5.97 Å². The lowest BCUT2D eigenvalue weighted by atomic mass is 10.1. The van der Waals surface area contributed by atoms with E-state index in [0.717, 1.165) is 0 Å². The Hall–Kier alpha value is -1.39. The molecule has 0 aromatic rings. The summed E-state index contributed by atoms with van der Waals surface area (Å²) in [6.07, 6.45) is 1.27. The number of hydrogen-bond donors (Lipinski definition) is 2. The summed E-state index contributed by atoms with van der Waals surface area (Å²) in [6.45, 7) is 3.57. The van der Waals surface area contributed by atoms with Crippen molar-refractivity contribution < 1.29 is 14.7 Å². The quantitative estimate of drug-likeness (QED) is 0.372. The van der Waals surface area contributed by atoms with Gasteiger partial charge in [-0.3, -0.25) is 9.79 Å². The molecule has 0 bridgehead atoms. The number of ketones is 1. The number of hydrogen-bond acceptors (Lipinski definition) is 3. The summed E-state index contributed by atoms with van der Waals surface area (Å²) in [5.74, 6) is -1.61. The first-order valence-electron chi connectivity index (χ1n) is 4.49. The molecule has 0 aliphatic rings. The Morgan fingerprint density at radius 1 is 1.50 bits per heavy atom. The summed E-state index contributed by atoms with van der Waals surface area (Å²) in [5.41, 5.74) is 5.36. The Morgan fingerprint density at radius 3 is 2.50 bits per heavy atom. The number of aliphatic carboxylic acids is 1. The van der Waals surface area contributed by atoms with Gasteiger partial charge in [0.05, 0.1) is 5.84 Å². The molecule has 0 rings (SSSR count). The third kappa shape index (κ3) is 6.16. The van der Waals surface area contributed by atoms with Crippen molar-refractivity contribution in [2.75, 3.05) is 0 Å². The lowest BCUT2D eigenvalue weighted by molar-refractivity contribution is -0.149. The van der Waals surface area contributed by atoms with Crippen LogP contribution in [0.15, 0.2) is 4.99 Å². The second kappa shape index (κ2) is 6.12. The van der Waals surface area contributed by atoms with E-state index in [1.807, 2.05) is 6.92 Å². The van der Waals surface area contributed by atoms with E-state index in [4.69, 9.17) is 10.8 Å². The van der Waals surface area contributed by atoms with Gasteiger partial charge in [-0.2, -0.15) is 0 Å². The van der Waals surface area contributed by atoms with Crippen molar-refractivity contribution in [1.82, 2.24) is 0 Å². The van der Waals surface area contributed by atoms with E-state index in [1.165, 1.54) is 0 Å². The van der Waals surface area contributed by atoms with Gasteiger partial charge in [0.2, 0.25) is 5.78 Å². The van der Waals surface area contributed by atoms with Crippen LogP contribution in [-0.2, 0) is 9.59 Å². The molecule has 0 aliphatic heterocycles. The maximum Gasteiger partial charge on any atom is 0.372 e. The Bertz CT molecular complexity index is 244. The number of carbonyl (C=O) groups excluding carboxylic acids is 1. The topological polar surface area (TPSA) is 92.8 Å². The van der Waals surface area contributed by atoms with E-state index in [2.05, 4.69) is 4.99 Å². The van der Waals surface area contributed by atoms with Crippen molar-refractivity contribution in [1.29, 1.82) is 0 Å². The molecular weight excluding hydrogens is 184 g/mol. The zero-order valence-corrected chi connectivity index (χ0v) is 8.49. The maximum atomic E-state index is 10.7. The van der Waals surface area contributed by atoms with Crippen LogP contribution < -0.4 is 5.73 Å². The molecular formula is C9H16N2O3. The Balaban J connectivity index is 3.70. The Kier molecular flexibility index (Phi) is 5.52. The van der Waals surface area contributed by atoms with Gasteiger partial charge in [0.15, 0.2) is 0 Å². The number of carboxylic acid groups (broad SMARTS) is 1. The number of aliphatic imine (C=N–C) groups is 1. The largest absolute Gasteiger partial charge is 0.476 e. The van der Waals surface area contributed by atoms with Gasteiger partial charge in [-0.05, 0) is 26.7 Å². The Labute approximate surface area is 83.0 Å². The molecule has 0 heterocycles. The van der Waals surface area contributed by atoms with E-state index < -0.39 is 11.8 Å². The second-order valence-corrected chi connectivity index (χ2v) is 3.24. The summed E-state index contributed by atoms with van der Waals surface area (Å²) in [6, 6.07) is 0.0431. The smallest absolute Gasteiger partial charge is 0.372 e. The van der Waals surface area contributed by atoms with Crippen LogP contribution in [0, 0.1) is 0 Å². The van der Waals surface area contributed by atoms with E-state index in [-0.39, 0.29) is 12.5 Å². The number of nitrogens with two attached hydrogens (primary N) is 1. The van der Waals surface area contributed by atoms with Crippen molar-refractivity contribution in [2.24, 2.45) is 10.7 Å². The maximum absolute atomic E-state index is 10.7. The Morgan fingerprint density at radius 2 is 2.07 bits per heavy atom. The van der Waals surface area contributed by atoms with Gasteiger partial charge < -0.3 is 10.8 Å². The molecule has 0 aromatic heterocycles. The molecule has 0 aromatic carbocycles. The normalized spacial score (nSPS) is 13.7. The second-order valence-electron chi connectivity index (χ2n) is 3.24. The fraction of sp³-hybridized carbons (Fsp3) is 0.667. The molecule has 0 radical (unpaired) electrons. The highest BCUT2D eigenvalue weighted by molar-refractivity contribution is 6.32. The SMILES string of the molecule is CC(N)=NC(C)CCCC(=O)C(=O)O. The summed E-state index contributed by atoms with van der Waals surface area (Å²) < 4.78 is 0. The predicted molar refractivity (Wildman–Crippen MR) is 53.3 cm³/mol. The van der Waals surface area contributed by atoms with Crippen molar-refractivity contribution in [3.63, 3.8) is 0 Å². The highest BCUT2D eigenvalue weighted by Crippen LogP contribution is 2.04. The fourth-order valence-corrected chi connectivity index (χ4v) is 1.08. The first-order chi connectivity index (χ1) is 6.43. The highest BCUT2D eigenvalue weighted by Gasteiger charge is 2.11. The van der Waals surface area contributed by atoms with E-state index >= 15 is 0 Å². The molecule has 0 fully saturated rings. The number of carboxylic acids is 1. The summed E-state index contributed by atoms with van der Waals surface area (Å²) in [7, 11) is 0. The van der Waals surface area contributed by atoms with Crippen LogP contribution >= 0.6 is 0 Å². The number of nitrogens with zero attached hydrogens (tertiary/aromatic N) is 1. The summed E-state index contributed by atoms with van der Waals surface area (Å²) in [5, 5.41) is 8.30. The summed E-state index contributed by atoms with van der Waals surface area (Å²) in [4.78, 5) is 24.9. The van der Waals surface area contributed by atoms with Crippen LogP contribution in [0.1, 0.15) is 33.1 Å². The number of carbonyl (C=O) groups is 2. The highest BCUT2D eigenvalue weighted by atomic mass is 16.4. The number of Topliss-reactive ketones (excluding diaryl/α,β-unsaturated/α-hetero) is 1. The molecule has 14 heavy (non-hydrogen) atoms. The van der Waals surface area contributed by atoms with Gasteiger partial charge in [0.1, 0.15) is 0 Å². The van der Waals surface area contributed by atoms with Crippen molar-refractivity contribution in [2.45, 2.75) is 39.2 Å². The number of amidine groups is 1. The minimum Gasteiger partial charge on any atom is -0.476 e. The fourth-order valence-electron chi connectivity index (χ4n) is 1.08. The zero-order valence-electron chi connectivity index (χ0n) is 8.49. The molecule has 0 spiro atoms. The molecule has 1 atom stereocenters. The molecule has 5 nitrogen and oxygen atoms in total. The van der Waals surface area contributed by atoms with Gasteiger partial charge in [0, 0.05) is 12.5 Å². The molecule has 0 saturated heterocycles. The molecule has 3 N–H and O–H groups in total. The van der Waals surface area contributed by atoms with Gasteiger partial charge in [0.25, 0.3) is 0 Å². The number of rotatable bonds is 6. The average molecular weight is 200 g/mol. The van der Waals surface area contributed by atoms with E-state index in [9.17, 15) is 9.59 Å². The molecule has 0 amide bonds. The van der Waals surface area contributed by atoms with E-state index in [0.29, 0.717) is 18.7 Å². The van der Waals surface area contributed by atoms with Crippen LogP contribution in [0.4, 0.5) is 0 Å². The van der Waals surface area contributed by atoms with Crippen LogP contribution in [0.5, 0.6) is 0 Å². The minimum absolute atomic E-state index is 0.0431. The van der Waals surface area contributed by atoms with Crippen LogP contribution in [0.2, 0.25) is 0 Å². The molecule has 5 heteroatoms. The van der Waals surface area contributed by atoms with Gasteiger partial charge in [-0.15, -0.1) is 0 Å². The standard InChI is InChI=1S/C9H16N2O3/c1-6(11-7(2)10)4-3-5-8(12)9(13)14/h6H,3-5H2,1-2H3,(H2,10,11)(H,13,14).